The maximum atomic E-state index is 11.5. The second-order valence-corrected chi connectivity index (χ2v) is 4.87. The molecule has 15 heavy (non-hydrogen) atoms. The summed E-state index contributed by atoms with van der Waals surface area (Å²) < 4.78 is 4.91. The van der Waals surface area contributed by atoms with E-state index in [0.29, 0.717) is 5.57 Å². The highest BCUT2D eigenvalue weighted by molar-refractivity contribution is 5.92. The molecule has 0 aliphatic heterocycles. The molecule has 0 rings (SSSR count). The van der Waals surface area contributed by atoms with Crippen LogP contribution in [0.3, 0.4) is 0 Å². The second-order valence-electron chi connectivity index (χ2n) is 4.87. The van der Waals surface area contributed by atoms with Crippen LogP contribution >= 0.6 is 0 Å². The summed E-state index contributed by atoms with van der Waals surface area (Å²) in [4.78, 5) is 22.9. The number of hydrogen-bond acceptors (Lipinski definition) is 3. The Kier molecular flexibility index (Phi) is 4.72. The van der Waals surface area contributed by atoms with Crippen molar-refractivity contribution < 1.29 is 14.3 Å². The summed E-state index contributed by atoms with van der Waals surface area (Å²) in [6.07, 6.45) is 0. The van der Waals surface area contributed by atoms with Gasteiger partial charge in [-0.2, -0.15) is 0 Å². The molecule has 0 spiro atoms. The van der Waals surface area contributed by atoms with Crippen LogP contribution in [0.25, 0.3) is 0 Å². The first-order valence-corrected chi connectivity index (χ1v) is 5.00. The molecule has 0 heterocycles. The Bertz CT molecular complexity index is 288. The van der Waals surface area contributed by atoms with Crippen LogP contribution in [0.2, 0.25) is 0 Å². The molecule has 0 aromatic heterocycles. The van der Waals surface area contributed by atoms with E-state index < -0.39 is 11.4 Å². The predicted octanol–water partition coefficient (Wildman–Crippen LogP) is 2.50. The largest absolute Gasteiger partial charge is 0.454 e. The van der Waals surface area contributed by atoms with Crippen molar-refractivity contribution in [3.8, 4) is 0 Å². The lowest BCUT2D eigenvalue weighted by atomic mass is 9.91. The van der Waals surface area contributed by atoms with Gasteiger partial charge in [-0.3, -0.25) is 4.79 Å². The van der Waals surface area contributed by atoms with Crippen molar-refractivity contribution in [2.24, 2.45) is 5.41 Å². The van der Waals surface area contributed by atoms with E-state index in [9.17, 15) is 9.59 Å². The zero-order chi connectivity index (χ0) is 12.2. The molecule has 0 N–H and O–H groups in total. The van der Waals surface area contributed by atoms with Crippen LogP contribution in [-0.4, -0.2) is 18.4 Å². The standard InChI is InChI=1S/C12H20O3/c1-8(2)9(3)11(14)15-7-10(13)12(4,5)6/h7H2,1-6H3. The highest BCUT2D eigenvalue weighted by Crippen LogP contribution is 2.15. The first-order chi connectivity index (χ1) is 6.66. The average molecular weight is 212 g/mol. The molecule has 0 aliphatic carbocycles. The summed E-state index contributed by atoms with van der Waals surface area (Å²) in [7, 11) is 0. The van der Waals surface area contributed by atoms with Gasteiger partial charge in [0.2, 0.25) is 0 Å². The van der Waals surface area contributed by atoms with Crippen LogP contribution in [0.1, 0.15) is 41.5 Å². The van der Waals surface area contributed by atoms with Gasteiger partial charge >= 0.3 is 5.97 Å². The molecule has 0 bridgehead atoms. The van der Waals surface area contributed by atoms with Crippen LogP contribution in [-0.2, 0) is 14.3 Å². The summed E-state index contributed by atoms with van der Waals surface area (Å²) >= 11 is 0. The van der Waals surface area contributed by atoms with Crippen LogP contribution < -0.4 is 0 Å². The van der Waals surface area contributed by atoms with E-state index in [2.05, 4.69) is 0 Å². The van der Waals surface area contributed by atoms with E-state index in [4.69, 9.17) is 4.74 Å². The molecule has 3 nitrogen and oxygen atoms in total. The highest BCUT2D eigenvalue weighted by Gasteiger charge is 2.22. The van der Waals surface area contributed by atoms with Gasteiger partial charge < -0.3 is 4.74 Å². The molecule has 0 aromatic carbocycles. The van der Waals surface area contributed by atoms with Crippen molar-refractivity contribution in [3.05, 3.63) is 11.1 Å². The number of hydrogen-bond donors (Lipinski definition) is 0. The van der Waals surface area contributed by atoms with Crippen LogP contribution in [0.4, 0.5) is 0 Å². The molecule has 0 saturated carbocycles. The van der Waals surface area contributed by atoms with Gasteiger partial charge in [-0.25, -0.2) is 4.79 Å². The van der Waals surface area contributed by atoms with Gasteiger partial charge in [0.05, 0.1) is 0 Å². The Morgan fingerprint density at radius 3 is 1.87 bits per heavy atom. The number of ketones is 1. The Balaban J connectivity index is 4.27. The molecule has 0 amide bonds. The number of rotatable bonds is 3. The number of carbonyl (C=O) groups is 2. The molecule has 0 radical (unpaired) electrons. The molecule has 0 atom stereocenters. The second kappa shape index (κ2) is 5.10. The number of ether oxygens (including phenoxy) is 1. The minimum absolute atomic E-state index is 0.0718. The molecule has 0 fully saturated rings. The first-order valence-electron chi connectivity index (χ1n) is 5.00. The van der Waals surface area contributed by atoms with Crippen LogP contribution in [0, 0.1) is 5.41 Å². The molecule has 0 unspecified atom stereocenters. The number of Topliss-reactive ketones (excluding diaryl/α,β-unsaturated/α-hetero) is 1. The molecule has 0 saturated heterocycles. The zero-order valence-electron chi connectivity index (χ0n) is 10.4. The van der Waals surface area contributed by atoms with Crippen molar-refractivity contribution >= 4 is 11.8 Å². The summed E-state index contributed by atoms with van der Waals surface area (Å²) in [5, 5.41) is 0. The maximum absolute atomic E-state index is 11.5. The Morgan fingerprint density at radius 1 is 1.07 bits per heavy atom. The molecule has 0 aliphatic rings. The summed E-state index contributed by atoms with van der Waals surface area (Å²) in [6.45, 7) is 10.6. The highest BCUT2D eigenvalue weighted by atomic mass is 16.5. The minimum Gasteiger partial charge on any atom is -0.454 e. The Morgan fingerprint density at radius 2 is 1.53 bits per heavy atom. The van der Waals surface area contributed by atoms with Crippen LogP contribution in [0.15, 0.2) is 11.1 Å². The van der Waals surface area contributed by atoms with Crippen molar-refractivity contribution in [2.75, 3.05) is 6.61 Å². The van der Waals surface area contributed by atoms with Crippen molar-refractivity contribution in [3.63, 3.8) is 0 Å². The number of carbonyl (C=O) groups excluding carboxylic acids is 2. The van der Waals surface area contributed by atoms with Gasteiger partial charge in [0.25, 0.3) is 0 Å². The summed E-state index contributed by atoms with van der Waals surface area (Å²) in [5.41, 5.74) is 1.01. The first kappa shape index (κ1) is 13.9. The molecular formula is C12H20O3. The molecule has 3 heteroatoms. The van der Waals surface area contributed by atoms with E-state index in [1.165, 1.54) is 0 Å². The van der Waals surface area contributed by atoms with E-state index >= 15 is 0 Å². The van der Waals surface area contributed by atoms with E-state index in [0.717, 1.165) is 5.57 Å². The fourth-order valence-corrected chi connectivity index (χ4v) is 0.660. The zero-order valence-corrected chi connectivity index (χ0v) is 10.4. The number of allylic oxidation sites excluding steroid dienone is 1. The lowest BCUT2D eigenvalue weighted by Gasteiger charge is -2.16. The summed E-state index contributed by atoms with van der Waals surface area (Å²) in [5.74, 6) is -0.481. The lowest BCUT2D eigenvalue weighted by molar-refractivity contribution is -0.146. The Labute approximate surface area is 91.5 Å². The van der Waals surface area contributed by atoms with E-state index in [1.807, 2.05) is 13.8 Å². The quantitative estimate of drug-likeness (QED) is 0.533. The normalized spacial score (nSPS) is 10.8. The SMILES string of the molecule is CC(C)=C(C)C(=O)OCC(=O)C(C)(C)C. The van der Waals surface area contributed by atoms with Gasteiger partial charge in [0, 0.05) is 11.0 Å². The number of esters is 1. The summed E-state index contributed by atoms with van der Waals surface area (Å²) in [6, 6.07) is 0. The monoisotopic (exact) mass is 212 g/mol. The van der Waals surface area contributed by atoms with Gasteiger partial charge in [-0.15, -0.1) is 0 Å². The Hall–Kier alpha value is -1.12. The van der Waals surface area contributed by atoms with Crippen LogP contribution in [0.5, 0.6) is 0 Å². The fourth-order valence-electron chi connectivity index (χ4n) is 0.660. The van der Waals surface area contributed by atoms with Gasteiger partial charge in [-0.1, -0.05) is 26.3 Å². The van der Waals surface area contributed by atoms with Gasteiger partial charge in [0.15, 0.2) is 12.4 Å². The third-order valence-electron chi connectivity index (χ3n) is 2.23. The third-order valence-corrected chi connectivity index (χ3v) is 2.23. The minimum atomic E-state index is -0.459. The van der Waals surface area contributed by atoms with Gasteiger partial charge in [-0.05, 0) is 20.8 Å². The predicted molar refractivity (Wildman–Crippen MR) is 59.5 cm³/mol. The fraction of sp³-hybridized carbons (Fsp3) is 0.667. The molecule has 86 valence electrons. The smallest absolute Gasteiger partial charge is 0.334 e. The van der Waals surface area contributed by atoms with Gasteiger partial charge in [0.1, 0.15) is 0 Å². The third kappa shape index (κ3) is 4.77. The van der Waals surface area contributed by atoms with Crippen molar-refractivity contribution in [2.45, 2.75) is 41.5 Å². The van der Waals surface area contributed by atoms with E-state index in [1.54, 1.807) is 27.7 Å². The van der Waals surface area contributed by atoms with Crippen molar-refractivity contribution in [1.29, 1.82) is 0 Å². The molecule has 0 aromatic rings. The molecular weight excluding hydrogens is 192 g/mol. The topological polar surface area (TPSA) is 43.4 Å². The average Bonchev–Trinajstić information content (AvgIpc) is 2.10. The van der Waals surface area contributed by atoms with E-state index in [-0.39, 0.29) is 12.4 Å². The lowest BCUT2D eigenvalue weighted by Crippen LogP contribution is -2.26. The van der Waals surface area contributed by atoms with Crippen molar-refractivity contribution in [1.82, 2.24) is 0 Å². The maximum Gasteiger partial charge on any atom is 0.334 e.